The monoisotopic (exact) mass is 1320 g/mol. The number of fused-ring (bicyclic) bond motifs is 5. The van der Waals surface area contributed by atoms with E-state index in [1.165, 1.54) is 27.7 Å². The van der Waals surface area contributed by atoms with Crippen LogP contribution in [0.2, 0.25) is 0 Å². The predicted molar refractivity (Wildman–Crippen MR) is 298 cm³/mol. The molecule has 14 N–H and O–H groups in total. The summed E-state index contributed by atoms with van der Waals surface area (Å²) in [5.41, 5.74) is -1.86. The Kier molecular flexibility index (Phi) is 23.0. The zero-order chi connectivity index (χ0) is 65.2. The second-order valence-corrected chi connectivity index (χ2v) is 29.1. The number of aliphatic hydroxyl groups excluding tert-OH is 13. The topological polar surface area (TPSA) is 454 Å². The van der Waals surface area contributed by atoms with Crippen LogP contribution in [0.3, 0.4) is 0 Å². The molecule has 4 aliphatic carbocycles. The quantitative estimate of drug-likeness (QED) is 0.0200. The summed E-state index contributed by atoms with van der Waals surface area (Å²) in [4.78, 5) is 0. The molecular formula is C59H97NaO29S. The molecule has 0 spiro atoms. The summed E-state index contributed by atoms with van der Waals surface area (Å²) in [6, 6.07) is 0. The number of allylic oxidation sites excluding steroid dienone is 2. The van der Waals surface area contributed by atoms with Crippen LogP contribution in [0.15, 0.2) is 11.6 Å². The first-order valence-electron chi connectivity index (χ1n) is 31.6. The van der Waals surface area contributed by atoms with Crippen molar-refractivity contribution < 1.29 is 170 Å². The molecule has 31 heteroatoms. The van der Waals surface area contributed by atoms with E-state index in [0.29, 0.717) is 19.3 Å². The molecule has 0 radical (unpaired) electrons. The van der Waals surface area contributed by atoms with Crippen molar-refractivity contribution in [3.8, 4) is 0 Å². The predicted octanol–water partition coefficient (Wildman–Crippen LogP) is -6.21. The van der Waals surface area contributed by atoms with E-state index < -0.39 is 223 Å². The molecule has 29 nitrogen and oxygen atoms in total. The smallest absolute Gasteiger partial charge is 0.726 e. The van der Waals surface area contributed by atoms with Gasteiger partial charge in [-0.1, -0.05) is 52.7 Å². The van der Waals surface area contributed by atoms with E-state index in [9.17, 15) is 84.5 Å². The minimum Gasteiger partial charge on any atom is -0.726 e. The van der Waals surface area contributed by atoms with Gasteiger partial charge in [-0.3, -0.25) is 4.18 Å². The summed E-state index contributed by atoms with van der Waals surface area (Å²) in [5.74, 6) is -1.37. The molecule has 10 aliphatic rings. The molecule has 0 aromatic carbocycles. The average molecular weight is 1330 g/mol. The van der Waals surface area contributed by atoms with Crippen LogP contribution in [0, 0.1) is 46.3 Å². The van der Waals surface area contributed by atoms with Gasteiger partial charge in [0.15, 0.2) is 31.5 Å². The van der Waals surface area contributed by atoms with E-state index in [0.717, 1.165) is 12.0 Å². The fourth-order valence-electron chi connectivity index (χ4n) is 17.2. The van der Waals surface area contributed by atoms with Gasteiger partial charge in [-0.05, 0) is 114 Å². The largest absolute Gasteiger partial charge is 1.00 e. The van der Waals surface area contributed by atoms with Crippen LogP contribution in [-0.4, -0.2) is 281 Å². The zero-order valence-corrected chi connectivity index (χ0v) is 55.6. The number of rotatable bonds is 18. The fourth-order valence-corrected chi connectivity index (χ4v) is 17.7. The van der Waals surface area contributed by atoms with Gasteiger partial charge in [0.1, 0.15) is 104 Å². The van der Waals surface area contributed by atoms with Crippen molar-refractivity contribution in [2.24, 2.45) is 46.3 Å². The van der Waals surface area contributed by atoms with Crippen molar-refractivity contribution >= 4 is 10.4 Å². The normalized spacial score (nSPS) is 53.3. The van der Waals surface area contributed by atoms with Crippen molar-refractivity contribution in [3.05, 3.63) is 11.6 Å². The summed E-state index contributed by atoms with van der Waals surface area (Å²) in [6.45, 7) is 16.8. The van der Waals surface area contributed by atoms with Crippen LogP contribution in [0.4, 0.5) is 0 Å². The van der Waals surface area contributed by atoms with Crippen molar-refractivity contribution in [2.45, 2.75) is 304 Å². The molecule has 0 unspecified atom stereocenters. The first-order valence-corrected chi connectivity index (χ1v) is 33.0. The standard InChI is InChI=1S/C59H98O29S.Na/c1-11-26(20(2)3)46-51(83-46)59(10,73)50-31(61)18-29-27-17-32(30-16-25(88-89(74,75)76)12-14-57(30,8)28(27)13-15-58(29,50)9)81-54-44(72)47(37(65)33(19-60)82-54)85-56-49(87-53-42(70)39(67)35(63)22(5)78-53)43(71)45(24(7)80-56)84-55-48(40(68)36(64)23(6)79-55)86-52-41(69)38(66)34(62)21(4)77-52;/h13,20-27,29-56,60-73H,11-12,14-19H2,1-10H3,(H,74,75,76);/q;+1/p-1/t21-,22-,23-,24-,25+,26+,27-,29+,30-,31+,32+,33-,34+,35-,36-,37-,38+,39+,40+,41-,42-,43+,44-,45-,46+,47+,48-,49-,50+,51-,52+,53+,54-,55+,56+,57-,58+,59+;/m1./s1. The Hall–Kier alpha value is -0.390. The average Bonchev–Trinajstić information content (AvgIpc) is 1.44. The summed E-state index contributed by atoms with van der Waals surface area (Å²) >= 11 is 0. The maximum absolute atomic E-state index is 12.6. The minimum atomic E-state index is -5.18. The van der Waals surface area contributed by atoms with Crippen LogP contribution in [0.5, 0.6) is 0 Å². The summed E-state index contributed by atoms with van der Waals surface area (Å²) in [5, 5.41) is 160. The van der Waals surface area contributed by atoms with E-state index in [1.54, 1.807) is 6.92 Å². The summed E-state index contributed by atoms with van der Waals surface area (Å²) < 4.78 is 109. The number of aliphatic hydroxyl groups is 14. The Balaban J connectivity index is 0.00000960. The summed E-state index contributed by atoms with van der Waals surface area (Å²) in [7, 11) is -5.18. The van der Waals surface area contributed by atoms with E-state index >= 15 is 0 Å². The first kappa shape index (κ1) is 73.8. The SMILES string of the molecule is CC[C@@H](C(C)C)[C@@H]1O[C@H]1[C@@](C)(O)[C@H]1[C@@H](O)C[C@H]2[C@@H]3C[C@H](O[C@@H]4O[C@H](CO)[C@@H](O)[C@H](O[C@@H]5O[C@H](C)[C@@H](O[C@@H]6O[C@H](C)[C@@H](O)[C@H](O)[C@H]6O[C@@H]6O[C@H](C)[C@H](O)[C@H](O)[C@H]6O)[C@H](O)[C@H]5O[C@@H]5O[C@H](C)[C@@H](O)[C@H](O)[C@H]5O)[C@H]4O)[C@H]4C[C@@H](OS(=O)(=O)[O-])CC[C@]4(C)C3=CC[C@]12C.[Na+]. The third kappa shape index (κ3) is 13.8. The Bertz CT molecular complexity index is 2560. The van der Waals surface area contributed by atoms with Crippen LogP contribution < -0.4 is 29.6 Å². The maximum atomic E-state index is 12.6. The number of hydrogen-bond donors (Lipinski definition) is 14. The van der Waals surface area contributed by atoms with Crippen molar-refractivity contribution in [2.75, 3.05) is 6.61 Å². The molecular weight excluding hydrogens is 1230 g/mol. The van der Waals surface area contributed by atoms with Crippen molar-refractivity contribution in [1.29, 1.82) is 0 Å². The molecule has 38 atom stereocenters. The van der Waals surface area contributed by atoms with Gasteiger partial charge in [0.25, 0.3) is 0 Å². The van der Waals surface area contributed by atoms with Gasteiger partial charge in [-0.15, -0.1) is 0 Å². The van der Waals surface area contributed by atoms with Gasteiger partial charge >= 0.3 is 29.6 Å². The zero-order valence-electron chi connectivity index (χ0n) is 52.8. The third-order valence-electron chi connectivity index (χ3n) is 22.2. The molecule has 9 fully saturated rings. The van der Waals surface area contributed by atoms with E-state index in [1.807, 2.05) is 6.92 Å². The fraction of sp³-hybridized carbons (Fsp3) is 0.966. The Morgan fingerprint density at radius 3 is 1.68 bits per heavy atom. The van der Waals surface area contributed by atoms with Crippen LogP contribution in [0.1, 0.15) is 114 Å². The molecule has 514 valence electrons. The first-order chi connectivity index (χ1) is 41.6. The molecule has 3 saturated carbocycles. The number of hydrogen-bond acceptors (Lipinski definition) is 29. The van der Waals surface area contributed by atoms with E-state index in [-0.39, 0.29) is 78.6 Å². The van der Waals surface area contributed by atoms with Gasteiger partial charge in [-0.25, -0.2) is 8.42 Å². The number of epoxide rings is 1. The molecule has 0 amide bonds. The van der Waals surface area contributed by atoms with Crippen LogP contribution >= 0.6 is 0 Å². The third-order valence-corrected chi connectivity index (χ3v) is 22.7. The van der Waals surface area contributed by atoms with Crippen molar-refractivity contribution in [3.63, 3.8) is 0 Å². The van der Waals surface area contributed by atoms with Crippen LogP contribution in [0.25, 0.3) is 0 Å². The van der Waals surface area contributed by atoms with Gasteiger partial charge in [0, 0.05) is 5.92 Å². The second-order valence-electron chi connectivity index (χ2n) is 28.1. The van der Waals surface area contributed by atoms with Crippen LogP contribution in [-0.2, 0) is 66.7 Å². The van der Waals surface area contributed by atoms with E-state index in [2.05, 4.69) is 33.8 Å². The Labute approximate surface area is 546 Å². The van der Waals surface area contributed by atoms with Crippen molar-refractivity contribution in [1.82, 2.24) is 0 Å². The maximum Gasteiger partial charge on any atom is 1.00 e. The van der Waals surface area contributed by atoms with Gasteiger partial charge in [-0.2, -0.15) is 0 Å². The number of ether oxygens (including phenoxy) is 11. The molecule has 0 bridgehead atoms. The Morgan fingerprint density at radius 1 is 0.622 bits per heavy atom. The van der Waals surface area contributed by atoms with E-state index in [4.69, 9.17) is 56.3 Å². The molecule has 6 saturated heterocycles. The molecule has 6 aliphatic heterocycles. The second kappa shape index (κ2) is 28.1. The van der Waals surface area contributed by atoms with Gasteiger partial charge in [0.05, 0.1) is 61.0 Å². The minimum absolute atomic E-state index is 0. The van der Waals surface area contributed by atoms with Gasteiger partial charge in [0.2, 0.25) is 10.4 Å². The molecule has 0 aromatic heterocycles. The Morgan fingerprint density at radius 2 is 1.13 bits per heavy atom. The molecule has 10 rings (SSSR count). The molecule has 6 heterocycles. The molecule has 0 aromatic rings. The summed E-state index contributed by atoms with van der Waals surface area (Å²) in [6.07, 6.45) is -42.0. The van der Waals surface area contributed by atoms with Gasteiger partial charge < -0.3 is 128 Å². The molecule has 90 heavy (non-hydrogen) atoms.